The molecule has 1 unspecified atom stereocenters. The molecular weight excluding hydrogens is 236 g/mol. The average molecular weight is 262 g/mol. The Morgan fingerprint density at radius 1 is 1.32 bits per heavy atom. The van der Waals surface area contributed by atoms with Gasteiger partial charge in [-0.05, 0) is 25.5 Å². The summed E-state index contributed by atoms with van der Waals surface area (Å²) < 4.78 is 0. The molecule has 1 atom stereocenters. The summed E-state index contributed by atoms with van der Waals surface area (Å²) in [5, 5.41) is 3.17. The molecule has 0 radical (unpaired) electrons. The highest BCUT2D eigenvalue weighted by atomic mass is 15.3. The number of hydrogen-bond donors (Lipinski definition) is 1. The molecule has 4 heteroatoms. The van der Waals surface area contributed by atoms with Gasteiger partial charge in [0.25, 0.3) is 0 Å². The first-order chi connectivity index (χ1) is 9.22. The van der Waals surface area contributed by atoms with Crippen molar-refractivity contribution in [3.63, 3.8) is 0 Å². The minimum atomic E-state index is 0.716. The van der Waals surface area contributed by atoms with E-state index in [0.29, 0.717) is 6.04 Å². The Kier molecular flexibility index (Phi) is 5.16. The molecule has 1 fully saturated rings. The lowest BCUT2D eigenvalue weighted by Gasteiger charge is -2.37. The standard InChI is InChI=1S/C15H26N4/c1-4-13(2)19-9-7-18(8-10-19)12-15-11-14(16-3)5-6-17-15/h5-6,11,13H,4,7-10,12H2,1-3H3,(H,16,17). The van der Waals surface area contributed by atoms with Gasteiger partial charge in [-0.2, -0.15) is 0 Å². The van der Waals surface area contributed by atoms with Gasteiger partial charge in [0, 0.05) is 57.7 Å². The van der Waals surface area contributed by atoms with Crippen LogP contribution in [-0.4, -0.2) is 54.1 Å². The van der Waals surface area contributed by atoms with E-state index < -0.39 is 0 Å². The van der Waals surface area contributed by atoms with Gasteiger partial charge in [0.1, 0.15) is 0 Å². The highest BCUT2D eigenvalue weighted by molar-refractivity contribution is 5.42. The van der Waals surface area contributed by atoms with E-state index in [1.165, 1.54) is 19.5 Å². The van der Waals surface area contributed by atoms with Gasteiger partial charge in [0.15, 0.2) is 0 Å². The molecule has 0 bridgehead atoms. The minimum absolute atomic E-state index is 0.716. The van der Waals surface area contributed by atoms with Crippen LogP contribution < -0.4 is 5.32 Å². The van der Waals surface area contributed by atoms with Crippen LogP contribution in [0.5, 0.6) is 0 Å². The largest absolute Gasteiger partial charge is 0.388 e. The molecule has 0 saturated carbocycles. The fraction of sp³-hybridized carbons (Fsp3) is 0.667. The third-order valence-electron chi connectivity index (χ3n) is 4.11. The van der Waals surface area contributed by atoms with Crippen LogP contribution in [-0.2, 0) is 6.54 Å². The molecule has 19 heavy (non-hydrogen) atoms. The molecule has 1 aromatic rings. The van der Waals surface area contributed by atoms with E-state index >= 15 is 0 Å². The minimum Gasteiger partial charge on any atom is -0.388 e. The van der Waals surface area contributed by atoms with Crippen molar-refractivity contribution in [2.75, 3.05) is 38.5 Å². The monoisotopic (exact) mass is 262 g/mol. The molecule has 1 aliphatic rings. The summed E-state index contributed by atoms with van der Waals surface area (Å²) in [5.74, 6) is 0. The van der Waals surface area contributed by atoms with Crippen molar-refractivity contribution in [1.29, 1.82) is 0 Å². The van der Waals surface area contributed by atoms with E-state index in [-0.39, 0.29) is 0 Å². The third-order valence-corrected chi connectivity index (χ3v) is 4.11. The molecular formula is C15H26N4. The van der Waals surface area contributed by atoms with Crippen LogP contribution in [0.1, 0.15) is 26.0 Å². The Labute approximate surface area is 116 Å². The molecule has 0 aromatic carbocycles. The zero-order chi connectivity index (χ0) is 13.7. The maximum Gasteiger partial charge on any atom is 0.0564 e. The normalized spacial score (nSPS) is 19.3. The summed E-state index contributed by atoms with van der Waals surface area (Å²) in [6, 6.07) is 4.86. The fourth-order valence-electron chi connectivity index (χ4n) is 2.57. The van der Waals surface area contributed by atoms with Crippen molar-refractivity contribution in [2.24, 2.45) is 0 Å². The van der Waals surface area contributed by atoms with Crippen LogP contribution in [0.25, 0.3) is 0 Å². The van der Waals surface area contributed by atoms with Gasteiger partial charge in [-0.3, -0.25) is 14.8 Å². The SMILES string of the molecule is CCC(C)N1CCN(Cc2cc(NC)ccn2)CC1. The fourth-order valence-corrected chi connectivity index (χ4v) is 2.57. The molecule has 106 valence electrons. The third kappa shape index (κ3) is 3.91. The molecule has 2 heterocycles. The van der Waals surface area contributed by atoms with Crippen LogP contribution in [0.3, 0.4) is 0 Å². The van der Waals surface area contributed by atoms with Crippen molar-refractivity contribution in [3.05, 3.63) is 24.0 Å². The molecule has 1 N–H and O–H groups in total. The van der Waals surface area contributed by atoms with Gasteiger partial charge < -0.3 is 5.32 Å². The number of nitrogens with zero attached hydrogens (tertiary/aromatic N) is 3. The number of aromatic nitrogens is 1. The first-order valence-electron chi connectivity index (χ1n) is 7.32. The van der Waals surface area contributed by atoms with E-state index in [1.54, 1.807) is 0 Å². The van der Waals surface area contributed by atoms with E-state index in [9.17, 15) is 0 Å². The average Bonchev–Trinajstić information content (AvgIpc) is 2.47. The Morgan fingerprint density at radius 3 is 2.68 bits per heavy atom. The van der Waals surface area contributed by atoms with Crippen LogP contribution >= 0.6 is 0 Å². The van der Waals surface area contributed by atoms with Crippen LogP contribution in [0.2, 0.25) is 0 Å². The molecule has 1 aromatic heterocycles. The molecule has 0 amide bonds. The first kappa shape index (κ1) is 14.3. The molecule has 0 aliphatic carbocycles. The van der Waals surface area contributed by atoms with Gasteiger partial charge in [-0.25, -0.2) is 0 Å². The topological polar surface area (TPSA) is 31.4 Å². The van der Waals surface area contributed by atoms with E-state index in [2.05, 4.69) is 40.0 Å². The predicted octanol–water partition coefficient (Wildman–Crippen LogP) is 2.04. The quantitative estimate of drug-likeness (QED) is 0.880. The first-order valence-corrected chi connectivity index (χ1v) is 7.32. The summed E-state index contributed by atoms with van der Waals surface area (Å²) in [6.45, 7) is 10.2. The predicted molar refractivity (Wildman–Crippen MR) is 80.4 cm³/mol. The second-order valence-corrected chi connectivity index (χ2v) is 5.36. The lowest BCUT2D eigenvalue weighted by Crippen LogP contribution is -2.49. The highest BCUT2D eigenvalue weighted by Gasteiger charge is 2.20. The van der Waals surface area contributed by atoms with Crippen molar-refractivity contribution in [1.82, 2.24) is 14.8 Å². The van der Waals surface area contributed by atoms with E-state index in [1.807, 2.05) is 19.3 Å². The highest BCUT2D eigenvalue weighted by Crippen LogP contribution is 2.13. The molecule has 2 rings (SSSR count). The zero-order valence-electron chi connectivity index (χ0n) is 12.4. The maximum absolute atomic E-state index is 4.46. The number of hydrogen-bond acceptors (Lipinski definition) is 4. The second-order valence-electron chi connectivity index (χ2n) is 5.36. The summed E-state index contributed by atoms with van der Waals surface area (Å²) in [6.07, 6.45) is 3.13. The number of nitrogens with one attached hydrogen (secondary N) is 1. The van der Waals surface area contributed by atoms with E-state index in [4.69, 9.17) is 0 Å². The summed E-state index contributed by atoms with van der Waals surface area (Å²) in [4.78, 5) is 9.55. The summed E-state index contributed by atoms with van der Waals surface area (Å²) in [5.41, 5.74) is 2.30. The van der Waals surface area contributed by atoms with E-state index in [0.717, 1.165) is 31.0 Å². The Morgan fingerprint density at radius 2 is 2.05 bits per heavy atom. The molecule has 1 aliphatic heterocycles. The van der Waals surface area contributed by atoms with Crippen molar-refractivity contribution >= 4 is 5.69 Å². The summed E-state index contributed by atoms with van der Waals surface area (Å²) >= 11 is 0. The van der Waals surface area contributed by atoms with Crippen molar-refractivity contribution < 1.29 is 0 Å². The van der Waals surface area contributed by atoms with Crippen LogP contribution in [0.15, 0.2) is 18.3 Å². The maximum atomic E-state index is 4.46. The molecule has 1 saturated heterocycles. The van der Waals surface area contributed by atoms with Crippen LogP contribution in [0.4, 0.5) is 5.69 Å². The van der Waals surface area contributed by atoms with Gasteiger partial charge in [0.05, 0.1) is 5.69 Å². The molecule has 4 nitrogen and oxygen atoms in total. The zero-order valence-corrected chi connectivity index (χ0v) is 12.4. The van der Waals surface area contributed by atoms with Gasteiger partial charge in [0.2, 0.25) is 0 Å². The number of piperazine rings is 1. The molecule has 0 spiro atoms. The Hall–Kier alpha value is -1.13. The number of pyridine rings is 1. The Balaban J connectivity index is 1.85. The second kappa shape index (κ2) is 6.87. The Bertz CT molecular complexity index is 385. The van der Waals surface area contributed by atoms with Gasteiger partial charge in [-0.15, -0.1) is 0 Å². The lowest BCUT2D eigenvalue weighted by molar-refractivity contribution is 0.0956. The van der Waals surface area contributed by atoms with Gasteiger partial charge >= 0.3 is 0 Å². The van der Waals surface area contributed by atoms with Crippen LogP contribution in [0, 0.1) is 0 Å². The number of anilines is 1. The summed E-state index contributed by atoms with van der Waals surface area (Å²) in [7, 11) is 1.95. The number of rotatable bonds is 5. The van der Waals surface area contributed by atoms with Gasteiger partial charge in [-0.1, -0.05) is 6.92 Å². The van der Waals surface area contributed by atoms with Crippen molar-refractivity contribution in [2.45, 2.75) is 32.9 Å². The lowest BCUT2D eigenvalue weighted by atomic mass is 10.2. The van der Waals surface area contributed by atoms with Crippen molar-refractivity contribution in [3.8, 4) is 0 Å². The smallest absolute Gasteiger partial charge is 0.0564 e.